The fourth-order valence-electron chi connectivity index (χ4n) is 13.1. The van der Waals surface area contributed by atoms with Gasteiger partial charge in [-0.3, -0.25) is 33.2 Å². The van der Waals surface area contributed by atoms with Crippen LogP contribution in [0.1, 0.15) is 137 Å². The van der Waals surface area contributed by atoms with Crippen LogP contribution in [0.25, 0.3) is 10.2 Å². The molecule has 76 heavy (non-hydrogen) atoms. The van der Waals surface area contributed by atoms with Gasteiger partial charge < -0.3 is 30.2 Å². The normalized spacial score (nSPS) is 26.0. The Hall–Kier alpha value is -4.04. The molecular formula is C53H72FN5O13S4. The smallest absolute Gasteiger partial charge is 0.305 e. The van der Waals surface area contributed by atoms with Crippen molar-refractivity contribution >= 4 is 70.6 Å². The van der Waals surface area contributed by atoms with Gasteiger partial charge >= 0.3 is 4.87 Å². The van der Waals surface area contributed by atoms with Gasteiger partial charge in [-0.1, -0.05) is 71.1 Å². The number of ether oxygens (including phenoxy) is 1. The van der Waals surface area contributed by atoms with Gasteiger partial charge in [0.15, 0.2) is 0 Å². The van der Waals surface area contributed by atoms with Crippen molar-refractivity contribution in [1.82, 2.24) is 25.1 Å². The third-order valence-electron chi connectivity index (χ3n) is 18.0. The van der Waals surface area contributed by atoms with Gasteiger partial charge in [-0.15, -0.1) is 11.3 Å². The van der Waals surface area contributed by atoms with E-state index in [1.807, 2.05) is 50.1 Å². The van der Waals surface area contributed by atoms with Crippen molar-refractivity contribution in [2.45, 2.75) is 123 Å². The summed E-state index contributed by atoms with van der Waals surface area (Å²) in [5.41, 5.74) is 0.453. The number of phenols is 1. The first kappa shape index (κ1) is 58.1. The Morgan fingerprint density at radius 1 is 0.908 bits per heavy atom. The number of Topliss-reactive ketones (excluding diaryl/α,β-unsaturated/α-hetero) is 2. The Kier molecular flexibility index (Phi) is 16.7. The highest BCUT2D eigenvalue weighted by Crippen LogP contribution is 2.65. The van der Waals surface area contributed by atoms with Gasteiger partial charge in [-0.25, -0.2) is 9.37 Å². The predicted octanol–water partition coefficient (Wildman–Crippen LogP) is 6.93. The fraction of sp³-hybridized carbons (Fsp3) is 0.642. The number of piperidine rings is 1. The number of amides is 1. The molecule has 1 spiro atoms. The van der Waals surface area contributed by atoms with E-state index in [-0.39, 0.29) is 68.7 Å². The van der Waals surface area contributed by atoms with Crippen molar-refractivity contribution in [1.29, 1.82) is 0 Å². The number of aliphatic hydroxyl groups excluding tert-OH is 1. The number of carbonyl (C=O) groups excluding carboxylic acids is 3. The van der Waals surface area contributed by atoms with E-state index >= 15 is 0 Å². The largest absolute Gasteiger partial charge is 0.506 e. The Balaban J connectivity index is 0.000000205. The van der Waals surface area contributed by atoms with Gasteiger partial charge in [0.05, 0.1) is 56.9 Å². The number of rotatable bonds is 14. The molecule has 0 unspecified atom stereocenters. The van der Waals surface area contributed by atoms with Crippen molar-refractivity contribution < 1.29 is 59.7 Å². The second-order valence-electron chi connectivity index (χ2n) is 23.3. The number of thiazole rings is 2. The number of hydrogen-bond acceptors (Lipinski definition) is 16. The Morgan fingerprint density at radius 3 is 2.04 bits per heavy atom. The van der Waals surface area contributed by atoms with Gasteiger partial charge in [0.25, 0.3) is 26.1 Å². The SMILES string of the molecule is CC(C)c1nc(C(=O)N2CCOC3(CCN(Cc4ccc(F)c(CCNC[C@H](O)c5ccc(O)c6[nH]c(=O)sc56)c4)CC3)C2)cs1.CC1(C)[C@@H]2CC[C@@]1(CS(=O)(=O)O)C(=O)C2.CC1(C)[C@@H]2CC[C@@]1(CS(=O)(=O)O)C(=O)C2. The number of halogens is 1. The van der Waals surface area contributed by atoms with Crippen LogP contribution in [0.4, 0.5) is 4.39 Å². The summed E-state index contributed by atoms with van der Waals surface area (Å²) in [7, 11) is -8.15. The number of likely N-dealkylation sites (tertiary alicyclic amines) is 1. The molecule has 2 aromatic heterocycles. The second-order valence-corrected chi connectivity index (χ2v) is 28.1. The minimum absolute atomic E-state index is 0.0152. The number of ketones is 2. The minimum atomic E-state index is -4.08. The number of aliphatic hydroxyl groups is 1. The van der Waals surface area contributed by atoms with E-state index in [4.69, 9.17) is 13.8 Å². The summed E-state index contributed by atoms with van der Waals surface area (Å²) < 4.78 is 83.5. The molecule has 23 heteroatoms. The molecule has 4 heterocycles. The van der Waals surface area contributed by atoms with E-state index in [1.165, 1.54) is 23.5 Å². The summed E-state index contributed by atoms with van der Waals surface area (Å²) in [6.45, 7) is 16.6. The molecule has 4 saturated carbocycles. The van der Waals surface area contributed by atoms with E-state index in [0.717, 1.165) is 60.7 Å². The van der Waals surface area contributed by atoms with E-state index in [2.05, 4.69) is 34.0 Å². The van der Waals surface area contributed by atoms with Crippen molar-refractivity contribution in [2.24, 2.45) is 33.5 Å². The summed E-state index contributed by atoms with van der Waals surface area (Å²) in [5.74, 6) is -0.226. The molecular weight excluding hydrogens is 1060 g/mol. The Morgan fingerprint density at radius 2 is 1.51 bits per heavy atom. The van der Waals surface area contributed by atoms with Gasteiger partial charge in [0, 0.05) is 62.4 Å². The van der Waals surface area contributed by atoms with Crippen LogP contribution in [0.3, 0.4) is 0 Å². The number of aromatic nitrogens is 2. The molecule has 4 aromatic rings. The van der Waals surface area contributed by atoms with Crippen LogP contribution in [0.5, 0.6) is 5.75 Å². The first-order valence-corrected chi connectivity index (χ1v) is 31.0. The maximum absolute atomic E-state index is 14.7. The highest BCUT2D eigenvalue weighted by Gasteiger charge is 2.66. The lowest BCUT2D eigenvalue weighted by Crippen LogP contribution is -2.58. The number of phenolic OH excluding ortho intramolecular Hbond substituents is 1. The number of morpholine rings is 1. The molecule has 4 bridgehead atoms. The molecule has 5 atom stereocenters. The fourth-order valence-corrected chi connectivity index (χ4v) is 17.5. The lowest BCUT2D eigenvalue weighted by Gasteiger charge is -2.47. The third kappa shape index (κ3) is 11.8. The molecule has 6 N–H and O–H groups in total. The molecule has 2 saturated heterocycles. The molecule has 18 nitrogen and oxygen atoms in total. The number of benzene rings is 2. The molecule has 418 valence electrons. The van der Waals surface area contributed by atoms with Crippen LogP contribution in [-0.2, 0) is 47.5 Å². The zero-order valence-electron chi connectivity index (χ0n) is 44.0. The molecule has 0 radical (unpaired) electrons. The highest BCUT2D eigenvalue weighted by molar-refractivity contribution is 7.86. The first-order valence-electron chi connectivity index (χ1n) is 26.1. The number of fused-ring (bicyclic) bond motifs is 5. The van der Waals surface area contributed by atoms with E-state index < -0.39 is 48.7 Å². The molecule has 6 fully saturated rings. The van der Waals surface area contributed by atoms with Crippen LogP contribution in [0.2, 0.25) is 0 Å². The quantitative estimate of drug-likeness (QED) is 0.0552. The van der Waals surface area contributed by atoms with Crippen LogP contribution in [0, 0.1) is 39.3 Å². The van der Waals surface area contributed by atoms with Gasteiger partial charge in [0.2, 0.25) is 0 Å². The van der Waals surface area contributed by atoms with E-state index in [9.17, 15) is 50.6 Å². The minimum Gasteiger partial charge on any atom is -0.506 e. The number of aromatic amines is 1. The third-order valence-corrected chi connectivity index (χ3v) is 21.8. The molecule has 4 aliphatic carbocycles. The summed E-state index contributed by atoms with van der Waals surface area (Å²) in [6.07, 6.45) is 5.14. The van der Waals surface area contributed by atoms with Crippen LogP contribution in [-0.4, -0.2) is 136 Å². The summed E-state index contributed by atoms with van der Waals surface area (Å²) in [4.78, 5) is 59.9. The monoisotopic (exact) mass is 1130 g/mol. The van der Waals surface area contributed by atoms with Crippen LogP contribution >= 0.6 is 22.7 Å². The topological polar surface area (TPSA) is 274 Å². The number of aromatic hydroxyl groups is 1. The maximum Gasteiger partial charge on any atom is 0.305 e. The predicted molar refractivity (Wildman–Crippen MR) is 287 cm³/mol. The van der Waals surface area contributed by atoms with E-state index in [0.29, 0.717) is 97.8 Å². The van der Waals surface area contributed by atoms with E-state index in [1.54, 1.807) is 6.07 Å². The molecule has 1 amide bonds. The average Bonchev–Trinajstić information content (AvgIpc) is 4.16. The maximum atomic E-state index is 14.7. The molecule has 2 aliphatic heterocycles. The second kappa shape index (κ2) is 21.9. The Bertz CT molecular complexity index is 3050. The van der Waals surface area contributed by atoms with Gasteiger partial charge in [-0.2, -0.15) is 16.8 Å². The highest BCUT2D eigenvalue weighted by atomic mass is 32.2. The lowest BCUT2D eigenvalue weighted by atomic mass is 9.70. The molecule has 10 rings (SSSR count). The average molecular weight is 1130 g/mol. The lowest BCUT2D eigenvalue weighted by molar-refractivity contribution is -0.128. The number of nitrogens with zero attached hydrogens (tertiary/aromatic N) is 3. The standard InChI is InChI=1S/C33H40FN5O5S2.2C10H16O4S/c1-20(2)30-36-25(18-45-30)31(42)39-13-14-44-33(19-39)8-11-38(12-9-33)17-21-3-5-24(34)22(15-21)7-10-35-16-27(41)23-4-6-26(40)28-29(23)46-32(43)37-28;2*1-9(2)7-3-4-10(9,8(11)5-7)6-15(12,13)14/h3-6,15,18,20,27,35,40-41H,7-14,16-17,19H2,1-2H3,(H,37,43);2*7H,3-6H2,1-2H3,(H,12,13,14)/t27-;2*7-,10-/m011/s1. The summed E-state index contributed by atoms with van der Waals surface area (Å²) in [5, 5.41) is 26.8. The molecule has 6 aliphatic rings. The zero-order chi connectivity index (χ0) is 55.4. The van der Waals surface area contributed by atoms with Gasteiger partial charge in [-0.05, 0) is 97.4 Å². The summed E-state index contributed by atoms with van der Waals surface area (Å²) in [6, 6.07) is 8.32. The number of carbonyl (C=O) groups is 3. The van der Waals surface area contributed by atoms with Crippen molar-refractivity contribution in [3.8, 4) is 5.75 Å². The van der Waals surface area contributed by atoms with Crippen LogP contribution in [0.15, 0.2) is 40.5 Å². The van der Waals surface area contributed by atoms with Crippen molar-refractivity contribution in [3.63, 3.8) is 0 Å². The number of nitrogens with one attached hydrogen (secondary N) is 2. The van der Waals surface area contributed by atoms with Crippen LogP contribution < -0.4 is 10.2 Å². The number of H-pyrrole nitrogens is 1. The van der Waals surface area contributed by atoms with Crippen molar-refractivity contribution in [3.05, 3.63) is 78.6 Å². The van der Waals surface area contributed by atoms with Gasteiger partial charge in [0.1, 0.15) is 34.3 Å². The molecule has 2 aromatic carbocycles. The number of hydrogen-bond donors (Lipinski definition) is 6. The first-order chi connectivity index (χ1) is 35.5. The Labute approximate surface area is 451 Å². The van der Waals surface area contributed by atoms with Crippen molar-refractivity contribution in [2.75, 3.05) is 57.4 Å². The zero-order valence-corrected chi connectivity index (χ0v) is 47.3. The summed E-state index contributed by atoms with van der Waals surface area (Å²) >= 11 is 2.48.